The van der Waals surface area contributed by atoms with Crippen LogP contribution in [0, 0.1) is 5.92 Å². The van der Waals surface area contributed by atoms with Crippen molar-refractivity contribution >= 4 is 16.1 Å². The number of piperidine rings is 1. The smallest absolute Gasteiger partial charge is 0.282 e. The molecule has 1 N–H and O–H groups in total. The molecular formula is C13H25N3O4S. The van der Waals surface area contributed by atoms with Gasteiger partial charge in [0.1, 0.15) is 0 Å². The maximum absolute atomic E-state index is 12.7. The molecule has 7 nitrogen and oxygen atoms in total. The highest BCUT2D eigenvalue weighted by Gasteiger charge is 2.37. The van der Waals surface area contributed by atoms with Crippen molar-refractivity contribution < 1.29 is 17.9 Å². The van der Waals surface area contributed by atoms with Gasteiger partial charge in [0.25, 0.3) is 10.2 Å². The van der Waals surface area contributed by atoms with Gasteiger partial charge in [0.2, 0.25) is 5.91 Å². The largest absolute Gasteiger partial charge is 0.373 e. The van der Waals surface area contributed by atoms with Crippen molar-refractivity contribution in [1.82, 2.24) is 13.9 Å². The minimum absolute atomic E-state index is 0.000616. The van der Waals surface area contributed by atoms with Crippen molar-refractivity contribution in [3.63, 3.8) is 0 Å². The molecule has 2 aliphatic heterocycles. The van der Waals surface area contributed by atoms with E-state index in [4.69, 9.17) is 4.74 Å². The maximum Gasteiger partial charge on any atom is 0.282 e. The number of rotatable bonds is 3. The molecule has 0 spiro atoms. The van der Waals surface area contributed by atoms with Crippen LogP contribution in [0.4, 0.5) is 0 Å². The van der Waals surface area contributed by atoms with Crippen molar-refractivity contribution in [2.75, 3.05) is 33.2 Å². The average molecular weight is 319 g/mol. The lowest BCUT2D eigenvalue weighted by Gasteiger charge is -2.39. The van der Waals surface area contributed by atoms with Crippen LogP contribution in [-0.4, -0.2) is 68.4 Å². The first-order chi connectivity index (χ1) is 9.84. The number of morpholine rings is 1. The zero-order valence-corrected chi connectivity index (χ0v) is 13.7. The Morgan fingerprint density at radius 1 is 1.10 bits per heavy atom. The number of ether oxygens (including phenoxy) is 1. The Hall–Kier alpha value is -0.700. The van der Waals surface area contributed by atoms with Gasteiger partial charge in [-0.15, -0.1) is 0 Å². The Bertz CT molecular complexity index is 464. The lowest BCUT2D eigenvalue weighted by atomic mass is 9.97. The molecule has 0 radical (unpaired) electrons. The molecule has 0 saturated carbocycles. The van der Waals surface area contributed by atoms with Crippen LogP contribution in [0.5, 0.6) is 0 Å². The Morgan fingerprint density at radius 2 is 1.62 bits per heavy atom. The highest BCUT2D eigenvalue weighted by atomic mass is 32.2. The van der Waals surface area contributed by atoms with Crippen LogP contribution in [0.25, 0.3) is 0 Å². The number of amides is 1. The third kappa shape index (κ3) is 3.74. The van der Waals surface area contributed by atoms with Gasteiger partial charge in [0.15, 0.2) is 0 Å². The summed E-state index contributed by atoms with van der Waals surface area (Å²) in [5.41, 5.74) is 0. The van der Waals surface area contributed by atoms with E-state index in [2.05, 4.69) is 5.32 Å². The first kappa shape index (κ1) is 16.7. The van der Waals surface area contributed by atoms with Crippen molar-refractivity contribution in [2.45, 2.75) is 38.9 Å². The zero-order valence-electron chi connectivity index (χ0n) is 12.9. The predicted molar refractivity (Wildman–Crippen MR) is 78.9 cm³/mol. The lowest BCUT2D eigenvalue weighted by molar-refractivity contribution is -0.125. The lowest BCUT2D eigenvalue weighted by Crippen LogP contribution is -2.54. The van der Waals surface area contributed by atoms with Gasteiger partial charge in [-0.25, -0.2) is 0 Å². The molecule has 0 aromatic heterocycles. The Labute approximate surface area is 126 Å². The van der Waals surface area contributed by atoms with Crippen LogP contribution < -0.4 is 5.32 Å². The van der Waals surface area contributed by atoms with Crippen molar-refractivity contribution in [3.8, 4) is 0 Å². The minimum Gasteiger partial charge on any atom is -0.373 e. The molecule has 2 atom stereocenters. The molecule has 0 bridgehead atoms. The number of hydrogen-bond acceptors (Lipinski definition) is 4. The fourth-order valence-corrected chi connectivity index (χ4v) is 4.83. The molecule has 2 unspecified atom stereocenters. The fraction of sp³-hybridized carbons (Fsp3) is 0.923. The second kappa shape index (κ2) is 6.60. The summed E-state index contributed by atoms with van der Waals surface area (Å²) in [4.78, 5) is 11.6. The quantitative estimate of drug-likeness (QED) is 0.781. The molecule has 1 amide bonds. The highest BCUT2D eigenvalue weighted by molar-refractivity contribution is 7.86. The Morgan fingerprint density at radius 3 is 2.10 bits per heavy atom. The summed E-state index contributed by atoms with van der Waals surface area (Å²) in [6.45, 7) is 5.36. The van der Waals surface area contributed by atoms with Gasteiger partial charge in [-0.3, -0.25) is 4.79 Å². The molecule has 0 aliphatic carbocycles. The standard InChI is InChI=1S/C13H25N3O4S/c1-10-8-16(9-11(2)20-10)21(18,19)15-6-4-12(5-7-15)13(17)14-3/h10-12H,4-9H2,1-3H3,(H,14,17). The third-order valence-corrected chi connectivity index (χ3v) is 6.08. The maximum atomic E-state index is 12.7. The van der Waals surface area contributed by atoms with Crippen molar-refractivity contribution in [1.29, 1.82) is 0 Å². The number of hydrogen-bond donors (Lipinski definition) is 1. The summed E-state index contributed by atoms with van der Waals surface area (Å²) < 4.78 is 33.9. The van der Waals surface area contributed by atoms with Gasteiger partial charge in [-0.05, 0) is 26.7 Å². The van der Waals surface area contributed by atoms with E-state index in [1.807, 2.05) is 13.8 Å². The van der Waals surface area contributed by atoms with Crippen molar-refractivity contribution in [2.24, 2.45) is 5.92 Å². The van der Waals surface area contributed by atoms with Crippen molar-refractivity contribution in [3.05, 3.63) is 0 Å². The Kier molecular flexibility index (Phi) is 5.24. The highest BCUT2D eigenvalue weighted by Crippen LogP contribution is 2.23. The summed E-state index contributed by atoms with van der Waals surface area (Å²) in [5.74, 6) is -0.0790. The van der Waals surface area contributed by atoms with E-state index >= 15 is 0 Å². The molecular weight excluding hydrogens is 294 g/mol. The molecule has 2 rings (SSSR count). The Balaban J connectivity index is 1.99. The minimum atomic E-state index is -3.45. The molecule has 0 aromatic rings. The van der Waals surface area contributed by atoms with E-state index in [0.717, 1.165) is 0 Å². The summed E-state index contributed by atoms with van der Waals surface area (Å²) in [6, 6.07) is 0. The first-order valence-corrected chi connectivity index (χ1v) is 8.86. The van der Waals surface area contributed by atoms with Crippen LogP contribution in [0.3, 0.4) is 0 Å². The van der Waals surface area contributed by atoms with Crippen LogP contribution in [0.15, 0.2) is 0 Å². The second-order valence-electron chi connectivity index (χ2n) is 5.87. The van der Waals surface area contributed by atoms with Crippen LogP contribution in [0.2, 0.25) is 0 Å². The SMILES string of the molecule is CNC(=O)C1CCN(S(=O)(=O)N2CC(C)OC(C)C2)CC1. The monoisotopic (exact) mass is 319 g/mol. The van der Waals surface area contributed by atoms with Gasteiger partial charge < -0.3 is 10.1 Å². The number of nitrogens with one attached hydrogen (secondary N) is 1. The van der Waals surface area contributed by atoms with E-state index in [1.165, 1.54) is 8.61 Å². The van der Waals surface area contributed by atoms with Gasteiger partial charge in [0, 0.05) is 39.1 Å². The molecule has 2 fully saturated rings. The topological polar surface area (TPSA) is 79.0 Å². The van der Waals surface area contributed by atoms with E-state index in [1.54, 1.807) is 7.05 Å². The molecule has 2 aliphatic rings. The molecule has 2 heterocycles. The predicted octanol–water partition coefficient (Wildman–Crippen LogP) is -0.202. The van der Waals surface area contributed by atoms with E-state index < -0.39 is 10.2 Å². The zero-order chi connectivity index (χ0) is 15.6. The number of carbonyl (C=O) groups is 1. The number of carbonyl (C=O) groups excluding carboxylic acids is 1. The fourth-order valence-electron chi connectivity index (χ4n) is 3.04. The molecule has 122 valence electrons. The third-order valence-electron chi connectivity index (χ3n) is 4.11. The summed E-state index contributed by atoms with van der Waals surface area (Å²) in [7, 11) is -1.84. The average Bonchev–Trinajstić information content (AvgIpc) is 2.45. The van der Waals surface area contributed by atoms with Gasteiger partial charge in [0.05, 0.1) is 12.2 Å². The van der Waals surface area contributed by atoms with Gasteiger partial charge >= 0.3 is 0 Å². The molecule has 0 aromatic carbocycles. The van der Waals surface area contributed by atoms with E-state index in [0.29, 0.717) is 39.0 Å². The van der Waals surface area contributed by atoms with Gasteiger partial charge in [-0.1, -0.05) is 0 Å². The summed E-state index contributed by atoms with van der Waals surface area (Å²) >= 11 is 0. The summed E-state index contributed by atoms with van der Waals surface area (Å²) in [6.07, 6.45) is 0.974. The normalized spacial score (nSPS) is 30.2. The van der Waals surface area contributed by atoms with Crippen LogP contribution in [0.1, 0.15) is 26.7 Å². The summed E-state index contributed by atoms with van der Waals surface area (Å²) in [5, 5.41) is 2.63. The first-order valence-electron chi connectivity index (χ1n) is 7.47. The van der Waals surface area contributed by atoms with E-state index in [9.17, 15) is 13.2 Å². The molecule has 8 heteroatoms. The van der Waals surface area contributed by atoms with E-state index in [-0.39, 0.29) is 24.0 Å². The molecule has 21 heavy (non-hydrogen) atoms. The number of nitrogens with zero attached hydrogens (tertiary/aromatic N) is 2. The second-order valence-corrected chi connectivity index (χ2v) is 7.80. The van der Waals surface area contributed by atoms with Crippen LogP contribution in [-0.2, 0) is 19.7 Å². The molecule has 2 saturated heterocycles. The van der Waals surface area contributed by atoms with Crippen LogP contribution >= 0.6 is 0 Å². The van der Waals surface area contributed by atoms with Gasteiger partial charge in [-0.2, -0.15) is 17.0 Å².